The maximum absolute atomic E-state index is 13.3. The minimum atomic E-state index is -0.225. The number of pyridine rings is 1. The summed E-state index contributed by atoms with van der Waals surface area (Å²) in [6.07, 6.45) is 7.00. The van der Waals surface area contributed by atoms with E-state index in [1.807, 2.05) is 16.8 Å². The number of rotatable bonds is 4. The number of piperidine rings is 1. The van der Waals surface area contributed by atoms with Gasteiger partial charge in [-0.05, 0) is 79.1 Å². The number of hydrogen-bond donors (Lipinski definition) is 1. The molecule has 0 unspecified atom stereocenters. The Morgan fingerprint density at radius 1 is 1.13 bits per heavy atom. The van der Waals surface area contributed by atoms with Crippen LogP contribution in [0.25, 0.3) is 10.9 Å². The van der Waals surface area contributed by atoms with E-state index in [1.165, 1.54) is 24.8 Å². The lowest BCUT2D eigenvalue weighted by Crippen LogP contribution is -2.41. The van der Waals surface area contributed by atoms with E-state index in [-0.39, 0.29) is 11.6 Å². The Labute approximate surface area is 176 Å². The van der Waals surface area contributed by atoms with Crippen molar-refractivity contribution in [3.8, 4) is 0 Å². The summed E-state index contributed by atoms with van der Waals surface area (Å²) >= 11 is 0. The predicted octanol–water partition coefficient (Wildman–Crippen LogP) is 3.76. The molecule has 1 saturated heterocycles. The Hall–Kier alpha value is -2.54. The Bertz CT molecular complexity index is 1100. The molecular formula is C23H30N6O. The quantitative estimate of drug-likeness (QED) is 0.714. The van der Waals surface area contributed by atoms with Crippen LogP contribution in [0.15, 0.2) is 29.1 Å². The SMILES string of the molecule is Cc1ccc2[nH]c(=O)c([C@@H](c3nnnn3C3CCCC3)N3CCC[C@@H](C)C3)cc2c1. The van der Waals surface area contributed by atoms with Crippen LogP contribution in [-0.2, 0) is 0 Å². The Morgan fingerprint density at radius 3 is 2.77 bits per heavy atom. The summed E-state index contributed by atoms with van der Waals surface area (Å²) in [4.78, 5) is 18.8. The Balaban J connectivity index is 1.66. The molecule has 2 atom stereocenters. The lowest BCUT2D eigenvalue weighted by atomic mass is 9.95. The number of aromatic nitrogens is 5. The molecule has 0 radical (unpaired) electrons. The monoisotopic (exact) mass is 406 g/mol. The molecule has 30 heavy (non-hydrogen) atoms. The maximum atomic E-state index is 13.3. The maximum Gasteiger partial charge on any atom is 0.253 e. The minimum Gasteiger partial charge on any atom is -0.322 e. The third kappa shape index (κ3) is 3.55. The number of fused-ring (bicyclic) bond motifs is 1. The van der Waals surface area contributed by atoms with Crippen LogP contribution < -0.4 is 5.56 Å². The van der Waals surface area contributed by atoms with Crippen molar-refractivity contribution in [2.75, 3.05) is 13.1 Å². The smallest absolute Gasteiger partial charge is 0.253 e. The number of nitrogens with one attached hydrogen (secondary N) is 1. The van der Waals surface area contributed by atoms with Gasteiger partial charge in [-0.15, -0.1) is 5.10 Å². The first kappa shape index (κ1) is 19.4. The molecule has 0 bridgehead atoms. The molecule has 1 aliphatic heterocycles. The van der Waals surface area contributed by atoms with Gasteiger partial charge in [0.15, 0.2) is 5.82 Å². The first-order valence-electron chi connectivity index (χ1n) is 11.3. The van der Waals surface area contributed by atoms with E-state index >= 15 is 0 Å². The first-order valence-corrected chi connectivity index (χ1v) is 11.3. The molecule has 1 aliphatic carbocycles. The normalized spacial score (nSPS) is 22.0. The van der Waals surface area contributed by atoms with Crippen molar-refractivity contribution < 1.29 is 0 Å². The zero-order valence-corrected chi connectivity index (χ0v) is 17.8. The molecule has 1 N–H and O–H groups in total. The fourth-order valence-electron chi connectivity index (χ4n) is 5.29. The topological polar surface area (TPSA) is 79.7 Å². The fraction of sp³-hybridized carbons (Fsp3) is 0.565. The standard InChI is InChI=1S/C23H30N6O/c1-15-9-10-20-17(12-15)13-19(23(30)24-20)21(28-11-5-6-16(2)14-28)22-25-26-27-29(22)18-7-3-4-8-18/h9-10,12-13,16,18,21H,3-8,11,14H2,1-2H3,(H,24,30)/t16-,21+/m1/s1. The molecule has 1 saturated carbocycles. The van der Waals surface area contributed by atoms with E-state index in [1.54, 1.807) is 0 Å². The second-order valence-corrected chi connectivity index (χ2v) is 9.21. The van der Waals surface area contributed by atoms with Gasteiger partial charge in [-0.2, -0.15) is 0 Å². The van der Waals surface area contributed by atoms with Gasteiger partial charge < -0.3 is 4.98 Å². The van der Waals surface area contributed by atoms with Gasteiger partial charge in [0.1, 0.15) is 6.04 Å². The number of aromatic amines is 1. The Kier molecular flexibility index (Phi) is 5.15. The lowest BCUT2D eigenvalue weighted by molar-refractivity contribution is 0.139. The summed E-state index contributed by atoms with van der Waals surface area (Å²) in [6.45, 7) is 6.27. The second kappa shape index (κ2) is 7.95. The highest BCUT2D eigenvalue weighted by atomic mass is 16.1. The minimum absolute atomic E-state index is 0.0458. The molecule has 3 heterocycles. The lowest BCUT2D eigenvalue weighted by Gasteiger charge is -2.36. The first-order chi connectivity index (χ1) is 14.6. The van der Waals surface area contributed by atoms with E-state index < -0.39 is 0 Å². The molecule has 5 rings (SSSR count). The van der Waals surface area contributed by atoms with Gasteiger partial charge in [-0.1, -0.05) is 31.4 Å². The second-order valence-electron chi connectivity index (χ2n) is 9.21. The molecule has 0 amide bonds. The average molecular weight is 407 g/mol. The molecule has 7 nitrogen and oxygen atoms in total. The van der Waals surface area contributed by atoms with Crippen molar-refractivity contribution in [3.63, 3.8) is 0 Å². The van der Waals surface area contributed by atoms with Crippen molar-refractivity contribution in [3.05, 3.63) is 51.6 Å². The largest absolute Gasteiger partial charge is 0.322 e. The summed E-state index contributed by atoms with van der Waals surface area (Å²) in [5.74, 6) is 1.41. The molecule has 158 valence electrons. The Morgan fingerprint density at radius 2 is 1.97 bits per heavy atom. The van der Waals surface area contributed by atoms with Crippen LogP contribution in [-0.4, -0.2) is 43.2 Å². The summed E-state index contributed by atoms with van der Waals surface area (Å²) < 4.78 is 2.01. The fourth-order valence-corrected chi connectivity index (χ4v) is 5.29. The van der Waals surface area contributed by atoms with Crippen LogP contribution in [0.1, 0.15) is 74.5 Å². The van der Waals surface area contributed by atoms with E-state index in [9.17, 15) is 4.79 Å². The van der Waals surface area contributed by atoms with Crippen molar-refractivity contribution in [1.29, 1.82) is 0 Å². The third-order valence-electron chi connectivity index (χ3n) is 6.81. The summed E-state index contributed by atoms with van der Waals surface area (Å²) in [6, 6.07) is 8.31. The van der Waals surface area contributed by atoms with Gasteiger partial charge in [-0.25, -0.2) is 4.68 Å². The number of aryl methyl sites for hydroxylation is 1. The molecule has 1 aromatic carbocycles. The van der Waals surface area contributed by atoms with Gasteiger partial charge in [0.2, 0.25) is 0 Å². The van der Waals surface area contributed by atoms with Crippen LogP contribution in [0.3, 0.4) is 0 Å². The van der Waals surface area contributed by atoms with Crippen LogP contribution >= 0.6 is 0 Å². The van der Waals surface area contributed by atoms with Gasteiger partial charge >= 0.3 is 0 Å². The molecule has 2 aliphatic rings. The van der Waals surface area contributed by atoms with Gasteiger partial charge in [0, 0.05) is 17.6 Å². The highest BCUT2D eigenvalue weighted by Crippen LogP contribution is 2.35. The molecule has 0 spiro atoms. The number of likely N-dealkylation sites (tertiary alicyclic amines) is 1. The molecule has 2 aromatic heterocycles. The molecule has 7 heteroatoms. The predicted molar refractivity (Wildman–Crippen MR) is 116 cm³/mol. The zero-order valence-electron chi connectivity index (χ0n) is 17.8. The van der Waals surface area contributed by atoms with Crippen molar-refractivity contribution in [1.82, 2.24) is 30.1 Å². The van der Waals surface area contributed by atoms with Crippen LogP contribution in [0, 0.1) is 12.8 Å². The van der Waals surface area contributed by atoms with Crippen LogP contribution in [0.4, 0.5) is 0 Å². The van der Waals surface area contributed by atoms with Crippen molar-refractivity contribution >= 4 is 10.9 Å². The van der Waals surface area contributed by atoms with E-state index in [2.05, 4.69) is 51.4 Å². The number of nitrogens with zero attached hydrogens (tertiary/aromatic N) is 5. The van der Waals surface area contributed by atoms with E-state index in [0.29, 0.717) is 12.0 Å². The number of tetrazole rings is 1. The van der Waals surface area contributed by atoms with Crippen LogP contribution in [0.2, 0.25) is 0 Å². The zero-order chi connectivity index (χ0) is 20.7. The average Bonchev–Trinajstić information content (AvgIpc) is 3.41. The molecule has 2 fully saturated rings. The van der Waals surface area contributed by atoms with Gasteiger partial charge in [0.25, 0.3) is 5.56 Å². The summed E-state index contributed by atoms with van der Waals surface area (Å²) in [7, 11) is 0. The highest BCUT2D eigenvalue weighted by Gasteiger charge is 2.34. The van der Waals surface area contributed by atoms with Crippen molar-refractivity contribution in [2.24, 2.45) is 5.92 Å². The van der Waals surface area contributed by atoms with E-state index in [0.717, 1.165) is 54.6 Å². The third-order valence-corrected chi connectivity index (χ3v) is 6.81. The van der Waals surface area contributed by atoms with Gasteiger partial charge in [0.05, 0.1) is 6.04 Å². The summed E-state index contributed by atoms with van der Waals surface area (Å²) in [5.41, 5.74) is 2.75. The van der Waals surface area contributed by atoms with Crippen molar-refractivity contribution in [2.45, 2.75) is 64.5 Å². The number of H-pyrrole nitrogens is 1. The number of benzene rings is 1. The summed E-state index contributed by atoms with van der Waals surface area (Å²) in [5, 5.41) is 14.0. The van der Waals surface area contributed by atoms with Gasteiger partial charge in [-0.3, -0.25) is 9.69 Å². The van der Waals surface area contributed by atoms with Crippen LogP contribution in [0.5, 0.6) is 0 Å². The highest BCUT2D eigenvalue weighted by molar-refractivity contribution is 5.79. The number of hydrogen-bond acceptors (Lipinski definition) is 5. The molecular weight excluding hydrogens is 376 g/mol. The van der Waals surface area contributed by atoms with E-state index in [4.69, 9.17) is 0 Å². The molecule has 3 aromatic rings.